The third kappa shape index (κ3) is 5.02. The van der Waals surface area contributed by atoms with Crippen LogP contribution in [0.5, 0.6) is 5.88 Å². The van der Waals surface area contributed by atoms with Gasteiger partial charge in [0.1, 0.15) is 0 Å². The van der Waals surface area contributed by atoms with Crippen LogP contribution in [-0.2, 0) is 0 Å². The first-order valence-corrected chi connectivity index (χ1v) is 10.6. The van der Waals surface area contributed by atoms with Crippen LogP contribution in [0, 0.1) is 18.3 Å². The monoisotopic (exact) mass is 423 g/mol. The molecule has 2 N–H and O–H groups in total. The Hall–Kier alpha value is -3.95. The van der Waals surface area contributed by atoms with Crippen LogP contribution in [-0.4, -0.2) is 30.2 Å². The van der Waals surface area contributed by atoms with Crippen LogP contribution in [0.2, 0.25) is 0 Å². The Morgan fingerprint density at radius 1 is 0.938 bits per heavy atom. The highest BCUT2D eigenvalue weighted by Gasteiger charge is 2.11. The van der Waals surface area contributed by atoms with Gasteiger partial charge < -0.3 is 15.4 Å². The largest absolute Gasteiger partial charge is 0.477 e. The first-order valence-electron chi connectivity index (χ1n) is 10.6. The molecule has 4 rings (SSSR count). The summed E-state index contributed by atoms with van der Waals surface area (Å²) >= 11 is 0. The summed E-state index contributed by atoms with van der Waals surface area (Å²) < 4.78 is 6.03. The number of aromatic nitrogens is 2. The first kappa shape index (κ1) is 21.3. The number of nitrogens with one attached hydrogen (secondary N) is 2. The van der Waals surface area contributed by atoms with E-state index in [1.807, 2.05) is 73.8 Å². The van der Waals surface area contributed by atoms with E-state index in [0.29, 0.717) is 24.0 Å². The molecule has 0 atom stereocenters. The van der Waals surface area contributed by atoms with Crippen molar-refractivity contribution in [2.75, 3.05) is 25.5 Å². The highest BCUT2D eigenvalue weighted by atomic mass is 16.5. The molecule has 6 nitrogen and oxygen atoms in total. The number of hydrogen-bond acceptors (Lipinski definition) is 6. The van der Waals surface area contributed by atoms with Crippen molar-refractivity contribution in [3.05, 3.63) is 77.9 Å². The maximum absolute atomic E-state index is 9.05. The second kappa shape index (κ2) is 9.90. The van der Waals surface area contributed by atoms with Gasteiger partial charge in [-0.1, -0.05) is 35.9 Å². The van der Waals surface area contributed by atoms with Crippen molar-refractivity contribution >= 4 is 22.5 Å². The molecule has 0 aliphatic rings. The van der Waals surface area contributed by atoms with E-state index >= 15 is 0 Å². The molecule has 0 saturated carbocycles. The number of nitrogens with zero attached hydrogens (tertiary/aromatic N) is 3. The molecule has 6 heteroatoms. The molecule has 0 bridgehead atoms. The molecule has 0 spiro atoms. The first-order chi connectivity index (χ1) is 15.7. The van der Waals surface area contributed by atoms with Gasteiger partial charge in [-0.05, 0) is 74.5 Å². The molecule has 1 heterocycles. The Balaban J connectivity index is 1.71. The smallest absolute Gasteiger partial charge is 0.231 e. The lowest BCUT2D eigenvalue weighted by Crippen LogP contribution is -2.12. The lowest BCUT2D eigenvalue weighted by Gasteiger charge is -2.12. The van der Waals surface area contributed by atoms with Crippen LogP contribution in [0.3, 0.4) is 0 Å². The molecule has 0 amide bonds. The number of nitriles is 1. The van der Waals surface area contributed by atoms with Gasteiger partial charge in [0.2, 0.25) is 11.8 Å². The molecule has 0 saturated heterocycles. The van der Waals surface area contributed by atoms with E-state index in [9.17, 15) is 0 Å². The van der Waals surface area contributed by atoms with Gasteiger partial charge in [0, 0.05) is 5.69 Å². The maximum atomic E-state index is 9.05. The lowest BCUT2D eigenvalue weighted by atomic mass is 10.0. The van der Waals surface area contributed by atoms with Gasteiger partial charge in [-0.2, -0.15) is 10.2 Å². The zero-order valence-corrected chi connectivity index (χ0v) is 18.2. The molecule has 0 unspecified atom stereocenters. The van der Waals surface area contributed by atoms with Gasteiger partial charge in [-0.3, -0.25) is 0 Å². The standard InChI is InChI=1S/C26H25N5O/c1-18-4-11-22(12-5-18)29-26-30-24-16-21(20-8-6-19(17-27)7-9-20)10-13-23(24)25(31-26)32-15-3-14-28-2/h4-13,16,28H,3,14-15H2,1-2H3,(H,29,30,31). The zero-order chi connectivity index (χ0) is 22.3. The summed E-state index contributed by atoms with van der Waals surface area (Å²) in [7, 11) is 1.92. The predicted molar refractivity (Wildman–Crippen MR) is 128 cm³/mol. The van der Waals surface area contributed by atoms with Crippen molar-refractivity contribution in [1.29, 1.82) is 5.26 Å². The highest BCUT2D eigenvalue weighted by Crippen LogP contribution is 2.30. The highest BCUT2D eigenvalue weighted by molar-refractivity contribution is 5.89. The fraction of sp³-hybridized carbons (Fsp3) is 0.192. The Morgan fingerprint density at radius 3 is 2.41 bits per heavy atom. The van der Waals surface area contributed by atoms with Gasteiger partial charge >= 0.3 is 0 Å². The van der Waals surface area contributed by atoms with Crippen LogP contribution < -0.4 is 15.4 Å². The number of fused-ring (bicyclic) bond motifs is 1. The zero-order valence-electron chi connectivity index (χ0n) is 18.2. The third-order valence-electron chi connectivity index (χ3n) is 5.13. The molecular weight excluding hydrogens is 398 g/mol. The number of benzene rings is 3. The summed E-state index contributed by atoms with van der Waals surface area (Å²) in [5.74, 6) is 1.05. The van der Waals surface area contributed by atoms with Crippen LogP contribution in [0.25, 0.3) is 22.0 Å². The molecule has 1 aromatic heterocycles. The van der Waals surface area contributed by atoms with E-state index in [0.717, 1.165) is 40.7 Å². The summed E-state index contributed by atoms with van der Waals surface area (Å²) in [5.41, 5.74) is 5.57. The number of anilines is 2. The Kier molecular flexibility index (Phi) is 6.59. The molecule has 0 aliphatic carbocycles. The average molecular weight is 424 g/mol. The number of ether oxygens (including phenoxy) is 1. The topological polar surface area (TPSA) is 82.9 Å². The second-order valence-corrected chi connectivity index (χ2v) is 7.57. The minimum Gasteiger partial charge on any atom is -0.477 e. The fourth-order valence-corrected chi connectivity index (χ4v) is 3.37. The van der Waals surface area contributed by atoms with Gasteiger partial charge in [0.05, 0.1) is 29.1 Å². The number of rotatable bonds is 8. The summed E-state index contributed by atoms with van der Waals surface area (Å²) in [6, 6.07) is 23.8. The van der Waals surface area contributed by atoms with E-state index in [1.54, 1.807) is 0 Å². The molecule has 0 fully saturated rings. The number of aryl methyl sites for hydroxylation is 1. The quantitative estimate of drug-likeness (QED) is 0.379. The van der Waals surface area contributed by atoms with Crippen molar-refractivity contribution in [3.8, 4) is 23.1 Å². The summed E-state index contributed by atoms with van der Waals surface area (Å²) in [6.07, 6.45) is 0.881. The predicted octanol–water partition coefficient (Wildman–Crippen LogP) is 5.21. The van der Waals surface area contributed by atoms with Crippen molar-refractivity contribution < 1.29 is 4.74 Å². The minimum absolute atomic E-state index is 0.488. The second-order valence-electron chi connectivity index (χ2n) is 7.57. The van der Waals surface area contributed by atoms with Crippen molar-refractivity contribution in [3.63, 3.8) is 0 Å². The Morgan fingerprint density at radius 2 is 1.69 bits per heavy atom. The Bertz CT molecular complexity index is 1240. The van der Waals surface area contributed by atoms with Crippen LogP contribution in [0.15, 0.2) is 66.7 Å². The van der Waals surface area contributed by atoms with Gasteiger partial charge in [-0.25, -0.2) is 4.98 Å². The van der Waals surface area contributed by atoms with E-state index in [4.69, 9.17) is 15.0 Å². The normalized spacial score (nSPS) is 10.7. The summed E-state index contributed by atoms with van der Waals surface area (Å²) in [5, 5.41) is 16.3. The third-order valence-corrected chi connectivity index (χ3v) is 5.13. The lowest BCUT2D eigenvalue weighted by molar-refractivity contribution is 0.302. The van der Waals surface area contributed by atoms with E-state index in [1.165, 1.54) is 5.56 Å². The van der Waals surface area contributed by atoms with E-state index in [2.05, 4.69) is 28.6 Å². The molecule has 4 aromatic rings. The molecule has 0 aliphatic heterocycles. The van der Waals surface area contributed by atoms with Gasteiger partial charge in [0.25, 0.3) is 0 Å². The molecule has 3 aromatic carbocycles. The summed E-state index contributed by atoms with van der Waals surface area (Å²) in [6.45, 7) is 3.49. The van der Waals surface area contributed by atoms with E-state index in [-0.39, 0.29) is 0 Å². The van der Waals surface area contributed by atoms with Crippen molar-refractivity contribution in [2.45, 2.75) is 13.3 Å². The van der Waals surface area contributed by atoms with E-state index < -0.39 is 0 Å². The average Bonchev–Trinajstić information content (AvgIpc) is 2.83. The molecule has 32 heavy (non-hydrogen) atoms. The fourth-order valence-electron chi connectivity index (χ4n) is 3.37. The van der Waals surface area contributed by atoms with Crippen LogP contribution >= 0.6 is 0 Å². The maximum Gasteiger partial charge on any atom is 0.231 e. The molecular formula is C26H25N5O. The molecule has 0 radical (unpaired) electrons. The van der Waals surface area contributed by atoms with Crippen molar-refractivity contribution in [2.24, 2.45) is 0 Å². The van der Waals surface area contributed by atoms with Crippen LogP contribution in [0.1, 0.15) is 17.5 Å². The van der Waals surface area contributed by atoms with Gasteiger partial charge in [0.15, 0.2) is 0 Å². The summed E-state index contributed by atoms with van der Waals surface area (Å²) in [4.78, 5) is 9.39. The SMILES string of the molecule is CNCCCOc1nc(Nc2ccc(C)cc2)nc2cc(-c3ccc(C#N)cc3)ccc12. The van der Waals surface area contributed by atoms with Gasteiger partial charge in [-0.15, -0.1) is 0 Å². The van der Waals surface area contributed by atoms with Crippen molar-refractivity contribution in [1.82, 2.24) is 15.3 Å². The minimum atomic E-state index is 0.488. The molecule has 160 valence electrons. The Labute approximate surface area is 187 Å². The van der Waals surface area contributed by atoms with Crippen LogP contribution in [0.4, 0.5) is 11.6 Å². The number of hydrogen-bond donors (Lipinski definition) is 2.